The lowest BCUT2D eigenvalue weighted by molar-refractivity contribution is -0.146. The minimum Gasteiger partial charge on any atom is -0.337 e. The van der Waals surface area contributed by atoms with Crippen LogP contribution in [-0.4, -0.2) is 19.7 Å². The molecule has 8 heteroatoms. The monoisotopic (exact) mass is 324 g/mol. The van der Waals surface area contributed by atoms with Crippen LogP contribution in [0.1, 0.15) is 38.3 Å². The van der Waals surface area contributed by atoms with Gasteiger partial charge in [-0.2, -0.15) is 18.2 Å². The minimum atomic E-state index is -4.56. The second-order valence-electron chi connectivity index (χ2n) is 6.27. The van der Waals surface area contributed by atoms with Gasteiger partial charge in [-0.3, -0.25) is 0 Å². The summed E-state index contributed by atoms with van der Waals surface area (Å²) in [7, 11) is 0. The van der Waals surface area contributed by atoms with Crippen LogP contribution >= 0.6 is 0 Å². The molecular weight excluding hydrogens is 309 g/mol. The Morgan fingerprint density at radius 2 is 1.78 bits per heavy atom. The van der Waals surface area contributed by atoms with Crippen LogP contribution < -0.4 is 0 Å². The fourth-order valence-electron chi connectivity index (χ4n) is 2.21. The normalized spacial score (nSPS) is 13.0. The number of alkyl halides is 3. The Kier molecular flexibility index (Phi) is 3.42. The molecule has 0 N–H and O–H groups in total. The number of hydrogen-bond donors (Lipinski definition) is 0. The highest BCUT2D eigenvalue weighted by Crippen LogP contribution is 2.32. The Morgan fingerprint density at radius 3 is 2.39 bits per heavy atom. The highest BCUT2D eigenvalue weighted by molar-refractivity contribution is 5.76. The van der Waals surface area contributed by atoms with E-state index in [4.69, 9.17) is 4.52 Å². The number of hydrogen-bond acceptors (Lipinski definition) is 4. The molecule has 0 aliphatic carbocycles. The first-order valence-corrected chi connectivity index (χ1v) is 7.02. The van der Waals surface area contributed by atoms with Gasteiger partial charge in [0.25, 0.3) is 0 Å². The molecule has 3 rings (SSSR count). The summed E-state index contributed by atoms with van der Waals surface area (Å²) in [5.41, 5.74) is 0.303. The molecule has 0 saturated heterocycles. The number of aromatic nitrogens is 4. The number of imidazole rings is 1. The van der Waals surface area contributed by atoms with Crippen molar-refractivity contribution in [3.05, 3.63) is 41.8 Å². The third-order valence-electron chi connectivity index (χ3n) is 3.34. The third kappa shape index (κ3) is 2.93. The first-order valence-electron chi connectivity index (χ1n) is 7.02. The zero-order chi connectivity index (χ0) is 16.8. The van der Waals surface area contributed by atoms with Crippen molar-refractivity contribution in [3.8, 4) is 0 Å². The van der Waals surface area contributed by atoms with Crippen LogP contribution in [0.5, 0.6) is 0 Å². The van der Waals surface area contributed by atoms with Gasteiger partial charge in [-0.05, 0) is 12.1 Å². The quantitative estimate of drug-likeness (QED) is 0.720. The Labute approximate surface area is 130 Å². The SMILES string of the molecule is CC(C)(C)c1noc(Cn2c(C(F)(F)F)nc3ccccc32)n1. The Balaban J connectivity index is 2.07. The lowest BCUT2D eigenvalue weighted by Crippen LogP contribution is -2.16. The average molecular weight is 324 g/mol. The molecule has 5 nitrogen and oxygen atoms in total. The number of fused-ring (bicyclic) bond motifs is 1. The molecule has 0 radical (unpaired) electrons. The number of rotatable bonds is 2. The summed E-state index contributed by atoms with van der Waals surface area (Å²) < 4.78 is 45.9. The van der Waals surface area contributed by atoms with Crippen LogP contribution in [0.15, 0.2) is 28.8 Å². The molecule has 23 heavy (non-hydrogen) atoms. The number of halogens is 3. The first-order chi connectivity index (χ1) is 10.7. The standard InChI is InChI=1S/C15H15F3N4O/c1-14(2,3)12-20-11(23-21-12)8-22-10-7-5-4-6-9(10)19-13(22)15(16,17)18/h4-7H,8H2,1-3H3. The Hall–Kier alpha value is -2.38. The van der Waals surface area contributed by atoms with Crippen LogP contribution in [0.3, 0.4) is 0 Å². The van der Waals surface area contributed by atoms with Crippen LogP contribution in [0.25, 0.3) is 11.0 Å². The predicted octanol–water partition coefficient (Wildman–Crippen LogP) is 3.78. The Bertz CT molecular complexity index is 842. The topological polar surface area (TPSA) is 56.7 Å². The predicted molar refractivity (Wildman–Crippen MR) is 76.8 cm³/mol. The molecule has 2 heterocycles. The fourth-order valence-corrected chi connectivity index (χ4v) is 2.21. The summed E-state index contributed by atoms with van der Waals surface area (Å²) in [5.74, 6) is -0.414. The molecule has 0 amide bonds. The smallest absolute Gasteiger partial charge is 0.337 e. The second-order valence-corrected chi connectivity index (χ2v) is 6.27. The molecule has 0 bridgehead atoms. The summed E-state index contributed by atoms with van der Waals surface area (Å²) in [5, 5.41) is 3.84. The van der Waals surface area contributed by atoms with Crippen molar-refractivity contribution < 1.29 is 17.7 Å². The van der Waals surface area contributed by atoms with Crippen molar-refractivity contribution in [3.63, 3.8) is 0 Å². The van der Waals surface area contributed by atoms with Gasteiger partial charge in [-0.1, -0.05) is 38.1 Å². The average Bonchev–Trinajstić information content (AvgIpc) is 3.03. The zero-order valence-electron chi connectivity index (χ0n) is 12.8. The van der Waals surface area contributed by atoms with Gasteiger partial charge in [0.15, 0.2) is 5.82 Å². The van der Waals surface area contributed by atoms with Crippen LogP contribution in [0, 0.1) is 0 Å². The fraction of sp³-hybridized carbons (Fsp3) is 0.400. The van der Waals surface area contributed by atoms with E-state index in [0.29, 0.717) is 11.3 Å². The second kappa shape index (κ2) is 5.07. The van der Waals surface area contributed by atoms with Crippen LogP contribution in [0.2, 0.25) is 0 Å². The molecule has 0 aliphatic rings. The number of para-hydroxylation sites is 2. The summed E-state index contributed by atoms with van der Waals surface area (Å²) >= 11 is 0. The third-order valence-corrected chi connectivity index (χ3v) is 3.34. The van der Waals surface area contributed by atoms with E-state index < -0.39 is 12.0 Å². The van der Waals surface area contributed by atoms with Gasteiger partial charge < -0.3 is 9.09 Å². The van der Waals surface area contributed by atoms with E-state index in [1.54, 1.807) is 18.2 Å². The van der Waals surface area contributed by atoms with E-state index in [-0.39, 0.29) is 23.4 Å². The maximum atomic E-state index is 13.2. The van der Waals surface area contributed by atoms with Crippen LogP contribution in [0.4, 0.5) is 13.2 Å². The lowest BCUT2D eigenvalue weighted by Gasteiger charge is -2.11. The van der Waals surface area contributed by atoms with E-state index >= 15 is 0 Å². The van der Waals surface area contributed by atoms with E-state index in [0.717, 1.165) is 4.57 Å². The first kappa shape index (κ1) is 15.5. The van der Waals surface area contributed by atoms with Crippen molar-refractivity contribution in [2.24, 2.45) is 0 Å². The van der Waals surface area contributed by atoms with Gasteiger partial charge in [-0.15, -0.1) is 0 Å². The maximum Gasteiger partial charge on any atom is 0.449 e. The van der Waals surface area contributed by atoms with Crippen LogP contribution in [-0.2, 0) is 18.1 Å². The van der Waals surface area contributed by atoms with Gasteiger partial charge in [0.2, 0.25) is 11.7 Å². The molecule has 0 aliphatic heterocycles. The molecule has 0 saturated carbocycles. The molecule has 122 valence electrons. The molecule has 3 aromatic rings. The van der Waals surface area contributed by atoms with Gasteiger partial charge in [-0.25, -0.2) is 4.98 Å². The van der Waals surface area contributed by atoms with E-state index in [9.17, 15) is 13.2 Å². The van der Waals surface area contributed by atoms with Crippen molar-refractivity contribution >= 4 is 11.0 Å². The summed E-state index contributed by atoms with van der Waals surface area (Å²) in [4.78, 5) is 7.88. The van der Waals surface area contributed by atoms with Gasteiger partial charge in [0, 0.05) is 5.41 Å². The van der Waals surface area contributed by atoms with E-state index in [2.05, 4.69) is 15.1 Å². The highest BCUT2D eigenvalue weighted by Gasteiger charge is 2.38. The van der Waals surface area contributed by atoms with E-state index in [1.165, 1.54) is 6.07 Å². The minimum absolute atomic E-state index is 0.114. The molecular formula is C15H15F3N4O. The zero-order valence-corrected chi connectivity index (χ0v) is 12.8. The van der Waals surface area contributed by atoms with Crippen molar-refractivity contribution in [2.75, 3.05) is 0 Å². The molecule has 0 atom stereocenters. The van der Waals surface area contributed by atoms with Gasteiger partial charge in [0.1, 0.15) is 6.54 Å². The maximum absolute atomic E-state index is 13.2. The summed E-state index contributed by atoms with van der Waals surface area (Å²) in [6, 6.07) is 6.42. The van der Waals surface area contributed by atoms with Crippen molar-refractivity contribution in [1.29, 1.82) is 0 Å². The molecule has 2 aromatic heterocycles. The van der Waals surface area contributed by atoms with Gasteiger partial charge >= 0.3 is 6.18 Å². The largest absolute Gasteiger partial charge is 0.449 e. The molecule has 0 spiro atoms. The molecule has 1 aromatic carbocycles. The molecule has 0 fully saturated rings. The van der Waals surface area contributed by atoms with Gasteiger partial charge in [0.05, 0.1) is 11.0 Å². The van der Waals surface area contributed by atoms with Crippen molar-refractivity contribution in [1.82, 2.24) is 19.7 Å². The highest BCUT2D eigenvalue weighted by atomic mass is 19.4. The number of benzene rings is 1. The number of nitrogens with zero attached hydrogens (tertiary/aromatic N) is 4. The van der Waals surface area contributed by atoms with E-state index in [1.807, 2.05) is 20.8 Å². The van der Waals surface area contributed by atoms with Crippen molar-refractivity contribution in [2.45, 2.75) is 38.9 Å². The Morgan fingerprint density at radius 1 is 1.09 bits per heavy atom. The lowest BCUT2D eigenvalue weighted by atomic mass is 9.96. The molecule has 0 unspecified atom stereocenters. The summed E-state index contributed by atoms with van der Waals surface area (Å²) in [6.07, 6.45) is -4.56. The summed E-state index contributed by atoms with van der Waals surface area (Å²) in [6.45, 7) is 5.51.